The van der Waals surface area contributed by atoms with E-state index in [0.717, 1.165) is 12.8 Å². The van der Waals surface area contributed by atoms with E-state index in [2.05, 4.69) is 16.4 Å². The van der Waals surface area contributed by atoms with Crippen molar-refractivity contribution in [3.63, 3.8) is 0 Å². The van der Waals surface area contributed by atoms with Crippen LogP contribution < -0.4 is 0 Å². The van der Waals surface area contributed by atoms with E-state index in [0.29, 0.717) is 11.7 Å². The summed E-state index contributed by atoms with van der Waals surface area (Å²) < 4.78 is 1.75. The Morgan fingerprint density at radius 3 is 2.93 bits per heavy atom. The Bertz CT molecular complexity index is 359. The van der Waals surface area contributed by atoms with Crippen LogP contribution >= 0.6 is 0 Å². The van der Waals surface area contributed by atoms with E-state index < -0.39 is 6.10 Å². The first kappa shape index (κ1) is 9.16. The van der Waals surface area contributed by atoms with Crippen LogP contribution in [0.4, 0.5) is 0 Å². The molecule has 1 saturated carbocycles. The fraction of sp³-hybridized carbons (Fsp3) is 0.667. The number of nitrogens with zero attached hydrogens (tertiary/aromatic N) is 4. The molecule has 0 aromatic carbocycles. The molecule has 1 heterocycles. The molecule has 0 radical (unpaired) electrons. The normalized spacial score (nSPS) is 27.8. The molecule has 0 unspecified atom stereocenters. The van der Waals surface area contributed by atoms with E-state index in [1.807, 2.05) is 0 Å². The first-order valence-corrected chi connectivity index (χ1v) is 4.70. The minimum absolute atomic E-state index is 0.166. The van der Waals surface area contributed by atoms with Crippen LogP contribution in [0.5, 0.6) is 0 Å². The summed E-state index contributed by atoms with van der Waals surface area (Å²) in [6, 6.07) is 2.51. The van der Waals surface area contributed by atoms with E-state index in [1.165, 1.54) is 0 Å². The third-order valence-corrected chi connectivity index (χ3v) is 2.63. The Balaban J connectivity index is 2.02. The van der Waals surface area contributed by atoms with Crippen molar-refractivity contribution >= 4 is 0 Å². The Morgan fingerprint density at radius 1 is 1.71 bits per heavy atom. The van der Waals surface area contributed by atoms with Gasteiger partial charge < -0.3 is 5.11 Å². The topological polar surface area (TPSA) is 74.7 Å². The average Bonchev–Trinajstić information content (AvgIpc) is 2.51. The van der Waals surface area contributed by atoms with Crippen molar-refractivity contribution in [2.24, 2.45) is 5.92 Å². The zero-order chi connectivity index (χ0) is 10.1. The van der Waals surface area contributed by atoms with Gasteiger partial charge in [-0.25, -0.2) is 4.68 Å². The monoisotopic (exact) mass is 192 g/mol. The van der Waals surface area contributed by atoms with Crippen LogP contribution in [0, 0.1) is 17.2 Å². The molecule has 0 amide bonds. The highest BCUT2D eigenvalue weighted by Crippen LogP contribution is 2.36. The van der Waals surface area contributed by atoms with Gasteiger partial charge in [0.2, 0.25) is 0 Å². The second kappa shape index (κ2) is 3.39. The summed E-state index contributed by atoms with van der Waals surface area (Å²) in [4.78, 5) is 0. The number of hydrogen-bond acceptors (Lipinski definition) is 4. The van der Waals surface area contributed by atoms with E-state index in [9.17, 15) is 5.11 Å². The molecule has 1 N–H and O–H groups in total. The Morgan fingerprint density at radius 2 is 2.43 bits per heavy atom. The molecule has 74 valence electrons. The zero-order valence-corrected chi connectivity index (χ0v) is 7.96. The van der Waals surface area contributed by atoms with Crippen molar-refractivity contribution in [2.75, 3.05) is 0 Å². The summed E-state index contributed by atoms with van der Waals surface area (Å²) in [6.45, 7) is 1.66. The van der Waals surface area contributed by atoms with Crippen molar-refractivity contribution in [3.05, 3.63) is 11.9 Å². The molecule has 1 aromatic rings. The van der Waals surface area contributed by atoms with Crippen molar-refractivity contribution in [2.45, 2.75) is 31.9 Å². The van der Waals surface area contributed by atoms with Crippen LogP contribution in [-0.4, -0.2) is 20.1 Å². The quantitative estimate of drug-likeness (QED) is 0.752. The van der Waals surface area contributed by atoms with Gasteiger partial charge in [0.1, 0.15) is 5.69 Å². The molecule has 1 atom stereocenters. The maximum Gasteiger partial charge on any atom is 0.111 e. The minimum atomic E-state index is -0.574. The molecule has 2 rings (SSSR count). The van der Waals surface area contributed by atoms with E-state index >= 15 is 0 Å². The standard InChI is InChI=1S/C9H12N4O/c1-6(14)9-5-13(12-11-9)8-2-7(3-8)4-10/h5-8,14H,2-3H2,1H3/t6-,7?,8?/m0/s1. The van der Waals surface area contributed by atoms with Crippen LogP contribution in [0.25, 0.3) is 0 Å². The zero-order valence-electron chi connectivity index (χ0n) is 7.96. The lowest BCUT2D eigenvalue weighted by molar-refractivity contribution is 0.194. The summed E-state index contributed by atoms with van der Waals surface area (Å²) >= 11 is 0. The Labute approximate surface area is 82.0 Å². The Hall–Kier alpha value is -1.41. The third-order valence-electron chi connectivity index (χ3n) is 2.63. The van der Waals surface area contributed by atoms with Crippen molar-refractivity contribution in [1.82, 2.24) is 15.0 Å². The first-order chi connectivity index (χ1) is 6.70. The fourth-order valence-corrected chi connectivity index (χ4v) is 1.57. The largest absolute Gasteiger partial charge is 0.387 e. The predicted molar refractivity (Wildman–Crippen MR) is 48.0 cm³/mol. The molecular weight excluding hydrogens is 180 g/mol. The lowest BCUT2D eigenvalue weighted by atomic mass is 9.81. The van der Waals surface area contributed by atoms with Gasteiger partial charge in [-0.05, 0) is 19.8 Å². The summed E-state index contributed by atoms with van der Waals surface area (Å²) in [7, 11) is 0. The van der Waals surface area contributed by atoms with Gasteiger partial charge in [0.25, 0.3) is 0 Å². The molecule has 1 fully saturated rings. The first-order valence-electron chi connectivity index (χ1n) is 4.70. The predicted octanol–water partition coefficient (Wildman–Crippen LogP) is 0.806. The minimum Gasteiger partial charge on any atom is -0.387 e. The van der Waals surface area contributed by atoms with Crippen LogP contribution in [0.1, 0.15) is 37.6 Å². The molecule has 0 bridgehead atoms. The van der Waals surface area contributed by atoms with E-state index in [4.69, 9.17) is 5.26 Å². The Kier molecular flexibility index (Phi) is 2.22. The van der Waals surface area contributed by atoms with Gasteiger partial charge in [0.05, 0.1) is 30.3 Å². The maximum absolute atomic E-state index is 9.24. The van der Waals surface area contributed by atoms with Gasteiger partial charge in [-0.15, -0.1) is 5.10 Å². The highest BCUT2D eigenvalue weighted by atomic mass is 16.3. The molecule has 1 aliphatic carbocycles. The van der Waals surface area contributed by atoms with Crippen LogP contribution in [0.3, 0.4) is 0 Å². The maximum atomic E-state index is 9.24. The number of aliphatic hydroxyl groups excluding tert-OH is 1. The highest BCUT2D eigenvalue weighted by Gasteiger charge is 2.31. The number of nitriles is 1. The second-order valence-electron chi connectivity index (χ2n) is 3.75. The molecule has 0 saturated heterocycles. The molecule has 5 nitrogen and oxygen atoms in total. The van der Waals surface area contributed by atoms with E-state index in [-0.39, 0.29) is 5.92 Å². The van der Waals surface area contributed by atoms with Crippen molar-refractivity contribution in [3.8, 4) is 6.07 Å². The lowest BCUT2D eigenvalue weighted by Gasteiger charge is -2.29. The fourth-order valence-electron chi connectivity index (χ4n) is 1.57. The van der Waals surface area contributed by atoms with Gasteiger partial charge in [-0.3, -0.25) is 0 Å². The SMILES string of the molecule is C[C@H](O)c1cn(C2CC(C#N)C2)nn1. The van der Waals surface area contributed by atoms with Gasteiger partial charge >= 0.3 is 0 Å². The molecule has 5 heteroatoms. The number of aromatic nitrogens is 3. The summed E-state index contributed by atoms with van der Waals surface area (Å²) in [5.41, 5.74) is 0.588. The van der Waals surface area contributed by atoms with Gasteiger partial charge in [-0.1, -0.05) is 5.21 Å². The smallest absolute Gasteiger partial charge is 0.111 e. The highest BCUT2D eigenvalue weighted by molar-refractivity contribution is 5.01. The number of rotatable bonds is 2. The number of aliphatic hydroxyl groups is 1. The van der Waals surface area contributed by atoms with Crippen LogP contribution in [0.15, 0.2) is 6.20 Å². The van der Waals surface area contributed by atoms with E-state index in [1.54, 1.807) is 17.8 Å². The molecule has 0 spiro atoms. The number of hydrogen-bond donors (Lipinski definition) is 1. The summed E-state index contributed by atoms with van der Waals surface area (Å²) in [5.74, 6) is 0.166. The lowest BCUT2D eigenvalue weighted by Crippen LogP contribution is -2.26. The van der Waals surface area contributed by atoms with Crippen LogP contribution in [-0.2, 0) is 0 Å². The van der Waals surface area contributed by atoms with Gasteiger partial charge in [-0.2, -0.15) is 5.26 Å². The third kappa shape index (κ3) is 1.49. The molecular formula is C9H12N4O. The second-order valence-corrected chi connectivity index (χ2v) is 3.75. The van der Waals surface area contributed by atoms with Crippen molar-refractivity contribution < 1.29 is 5.11 Å². The van der Waals surface area contributed by atoms with Crippen LogP contribution in [0.2, 0.25) is 0 Å². The molecule has 1 aromatic heterocycles. The summed E-state index contributed by atoms with van der Waals surface area (Å²) in [5, 5.41) is 25.6. The van der Waals surface area contributed by atoms with Gasteiger partial charge in [0, 0.05) is 0 Å². The average molecular weight is 192 g/mol. The van der Waals surface area contributed by atoms with Crippen molar-refractivity contribution in [1.29, 1.82) is 5.26 Å². The summed E-state index contributed by atoms with van der Waals surface area (Å²) in [6.07, 6.45) is 2.87. The van der Waals surface area contributed by atoms with Gasteiger partial charge in [0.15, 0.2) is 0 Å². The molecule has 14 heavy (non-hydrogen) atoms. The molecule has 1 aliphatic rings. The molecule has 0 aliphatic heterocycles.